The van der Waals surface area contributed by atoms with Crippen LogP contribution in [-0.4, -0.2) is 16.3 Å². The Morgan fingerprint density at radius 2 is 1.65 bits per heavy atom. The van der Waals surface area contributed by atoms with Gasteiger partial charge in [0.1, 0.15) is 0 Å². The van der Waals surface area contributed by atoms with Crippen LogP contribution in [0.3, 0.4) is 0 Å². The minimum Gasteiger partial charge on any atom is -0.294 e. The largest absolute Gasteiger partial charge is 0.294 e. The third kappa shape index (κ3) is 7.39. The Kier molecular flexibility index (Phi) is 7.18. The normalized spacial score (nSPS) is 11.7. The van der Waals surface area contributed by atoms with E-state index in [1.165, 1.54) is 11.1 Å². The highest BCUT2D eigenvalue weighted by Gasteiger charge is 2.11. The van der Waals surface area contributed by atoms with Crippen molar-refractivity contribution in [3.05, 3.63) is 34.9 Å². The fraction of sp³-hybridized carbons (Fsp3) is 0.588. The number of Topliss-reactive ketones (excluding diaryl/α,β-unsaturated/α-hetero) is 1. The first kappa shape index (κ1) is 17.6. The Morgan fingerprint density at radius 3 is 2.20 bits per heavy atom. The minimum atomic E-state index is 0.283. The molecule has 0 saturated carbocycles. The maximum atomic E-state index is 12.1. The quantitative estimate of drug-likeness (QED) is 0.358. The van der Waals surface area contributed by atoms with Crippen molar-refractivity contribution in [2.24, 2.45) is 0 Å². The van der Waals surface area contributed by atoms with E-state index in [1.54, 1.807) is 0 Å². The molecule has 20 heavy (non-hydrogen) atoms. The van der Waals surface area contributed by atoms with Gasteiger partial charge in [0.05, 0.1) is 0 Å². The molecule has 3 heteroatoms. The van der Waals surface area contributed by atoms with E-state index in [0.29, 0.717) is 11.2 Å². The van der Waals surface area contributed by atoms with Crippen molar-refractivity contribution < 1.29 is 4.79 Å². The van der Waals surface area contributed by atoms with Crippen LogP contribution in [-0.2, 0) is 0 Å². The monoisotopic (exact) mass is 310 g/mol. The summed E-state index contributed by atoms with van der Waals surface area (Å²) >= 11 is 0. The number of carbonyl (C=O) groups is 1. The summed E-state index contributed by atoms with van der Waals surface area (Å²) in [6.07, 6.45) is 2.78. The van der Waals surface area contributed by atoms with Crippen molar-refractivity contribution >= 4 is 27.4 Å². The lowest BCUT2D eigenvalue weighted by Crippen LogP contribution is -2.04. The molecule has 0 aromatic heterocycles. The molecule has 1 aromatic rings. The molecule has 0 aliphatic heterocycles. The second-order valence-corrected chi connectivity index (χ2v) is 9.52. The number of hydrogen-bond donors (Lipinski definition) is 0. The molecular formula is C17H26OS2. The van der Waals surface area contributed by atoms with Crippen LogP contribution in [0.1, 0.15) is 61.5 Å². The summed E-state index contributed by atoms with van der Waals surface area (Å²) in [6, 6.07) is 6.11. The predicted molar refractivity (Wildman–Crippen MR) is 93.9 cm³/mol. The molecule has 0 unspecified atom stereocenters. The van der Waals surface area contributed by atoms with Crippen LogP contribution in [0.2, 0.25) is 0 Å². The Hall–Kier alpha value is -0.410. The summed E-state index contributed by atoms with van der Waals surface area (Å²) in [7, 11) is 3.84. The third-order valence-corrected chi connectivity index (χ3v) is 6.16. The molecule has 0 heterocycles. The summed E-state index contributed by atoms with van der Waals surface area (Å²) < 4.78 is 0.319. The number of aryl methyl sites for hydroxylation is 2. The molecule has 0 N–H and O–H groups in total. The maximum absolute atomic E-state index is 12.1. The molecule has 0 spiro atoms. The van der Waals surface area contributed by atoms with Gasteiger partial charge >= 0.3 is 0 Å². The Bertz CT molecular complexity index is 427. The van der Waals surface area contributed by atoms with E-state index in [4.69, 9.17) is 0 Å². The number of carbonyl (C=O) groups excluding carboxylic acids is 1. The zero-order valence-corrected chi connectivity index (χ0v) is 14.9. The fourth-order valence-corrected chi connectivity index (χ4v) is 4.37. The molecule has 0 aliphatic carbocycles. The molecule has 0 bridgehead atoms. The summed E-state index contributed by atoms with van der Waals surface area (Å²) in [5.41, 5.74) is 3.22. The lowest BCUT2D eigenvalue weighted by Gasteiger charge is -2.15. The molecule has 1 rings (SSSR count). The van der Waals surface area contributed by atoms with Crippen molar-refractivity contribution in [3.8, 4) is 0 Å². The highest BCUT2D eigenvalue weighted by Crippen LogP contribution is 2.35. The smallest absolute Gasteiger partial charge is 0.162 e. The van der Waals surface area contributed by atoms with Gasteiger partial charge in [-0.25, -0.2) is 0 Å². The van der Waals surface area contributed by atoms with Crippen LogP contribution in [0.4, 0.5) is 0 Å². The predicted octanol–water partition coefficient (Wildman–Crippen LogP) is 5.84. The van der Waals surface area contributed by atoms with Gasteiger partial charge < -0.3 is 0 Å². The standard InChI is InChI=1S/C17H26OS2/c1-13-10-14(2)12-15(11-13)16(18)8-6-7-9-19-20-17(3,4)5/h10-12H,6-9H2,1-5H3. The summed E-state index contributed by atoms with van der Waals surface area (Å²) in [5.74, 6) is 1.41. The lowest BCUT2D eigenvalue weighted by atomic mass is 10.0. The zero-order valence-electron chi connectivity index (χ0n) is 13.3. The van der Waals surface area contributed by atoms with E-state index in [2.05, 4.69) is 26.8 Å². The maximum Gasteiger partial charge on any atom is 0.162 e. The van der Waals surface area contributed by atoms with Gasteiger partial charge in [-0.1, -0.05) is 59.6 Å². The molecule has 0 radical (unpaired) electrons. The highest BCUT2D eigenvalue weighted by molar-refractivity contribution is 8.77. The summed E-state index contributed by atoms with van der Waals surface area (Å²) in [6.45, 7) is 10.8. The molecule has 0 saturated heterocycles. The topological polar surface area (TPSA) is 17.1 Å². The van der Waals surface area contributed by atoms with Crippen LogP contribution in [0.5, 0.6) is 0 Å². The van der Waals surface area contributed by atoms with Gasteiger partial charge in [-0.2, -0.15) is 0 Å². The number of unbranched alkanes of at least 4 members (excludes halogenated alkanes) is 1. The van der Waals surface area contributed by atoms with Crippen LogP contribution < -0.4 is 0 Å². The molecule has 1 nitrogen and oxygen atoms in total. The van der Waals surface area contributed by atoms with Crippen LogP contribution in [0.15, 0.2) is 18.2 Å². The Balaban J connectivity index is 2.27. The average Bonchev–Trinajstić information content (AvgIpc) is 2.30. The molecule has 0 atom stereocenters. The van der Waals surface area contributed by atoms with Crippen molar-refractivity contribution in [2.75, 3.05) is 5.75 Å². The third-order valence-electron chi connectivity index (χ3n) is 2.73. The molecular weight excluding hydrogens is 284 g/mol. The molecule has 0 amide bonds. The van der Waals surface area contributed by atoms with Gasteiger partial charge in [0, 0.05) is 22.5 Å². The van der Waals surface area contributed by atoms with Crippen molar-refractivity contribution in [1.29, 1.82) is 0 Å². The number of ketones is 1. The lowest BCUT2D eigenvalue weighted by molar-refractivity contribution is 0.0979. The Morgan fingerprint density at radius 1 is 1.05 bits per heavy atom. The zero-order chi connectivity index (χ0) is 15.2. The van der Waals surface area contributed by atoms with Gasteiger partial charge in [-0.15, -0.1) is 0 Å². The second-order valence-electron chi connectivity index (χ2n) is 6.27. The van der Waals surface area contributed by atoms with E-state index in [1.807, 2.05) is 47.6 Å². The van der Waals surface area contributed by atoms with E-state index in [9.17, 15) is 4.79 Å². The first-order chi connectivity index (χ1) is 9.28. The highest BCUT2D eigenvalue weighted by atomic mass is 33.1. The fourth-order valence-electron chi connectivity index (χ4n) is 1.94. The van der Waals surface area contributed by atoms with E-state index < -0.39 is 0 Å². The van der Waals surface area contributed by atoms with Gasteiger partial charge in [0.15, 0.2) is 5.78 Å². The SMILES string of the molecule is Cc1cc(C)cc(C(=O)CCCCSSC(C)(C)C)c1. The van der Waals surface area contributed by atoms with Crippen LogP contribution >= 0.6 is 21.6 Å². The van der Waals surface area contributed by atoms with E-state index >= 15 is 0 Å². The van der Waals surface area contributed by atoms with Gasteiger partial charge in [0.2, 0.25) is 0 Å². The number of rotatable bonds is 7. The van der Waals surface area contributed by atoms with Crippen molar-refractivity contribution in [2.45, 2.75) is 58.6 Å². The molecule has 0 fully saturated rings. The van der Waals surface area contributed by atoms with Gasteiger partial charge in [-0.3, -0.25) is 4.79 Å². The second kappa shape index (κ2) is 8.14. The first-order valence-corrected chi connectivity index (χ1v) is 9.52. The summed E-state index contributed by atoms with van der Waals surface area (Å²) in [4.78, 5) is 12.1. The Labute approximate surface area is 131 Å². The number of benzene rings is 1. The molecule has 0 aliphatic rings. The minimum absolute atomic E-state index is 0.283. The van der Waals surface area contributed by atoms with Gasteiger partial charge in [0.25, 0.3) is 0 Å². The summed E-state index contributed by atoms with van der Waals surface area (Å²) in [5, 5.41) is 0. The van der Waals surface area contributed by atoms with Crippen molar-refractivity contribution in [1.82, 2.24) is 0 Å². The first-order valence-electron chi connectivity index (χ1n) is 7.20. The van der Waals surface area contributed by atoms with E-state index in [-0.39, 0.29) is 5.78 Å². The van der Waals surface area contributed by atoms with Crippen molar-refractivity contribution in [3.63, 3.8) is 0 Å². The number of hydrogen-bond acceptors (Lipinski definition) is 3. The average molecular weight is 311 g/mol. The van der Waals surface area contributed by atoms with Crippen LogP contribution in [0, 0.1) is 13.8 Å². The van der Waals surface area contributed by atoms with Gasteiger partial charge in [-0.05, 0) is 38.8 Å². The molecule has 1 aromatic carbocycles. The van der Waals surface area contributed by atoms with Crippen LogP contribution in [0.25, 0.3) is 0 Å². The molecule has 112 valence electrons. The van der Waals surface area contributed by atoms with E-state index in [0.717, 1.165) is 24.2 Å².